The minimum absolute atomic E-state index is 0.0179. The van der Waals surface area contributed by atoms with Crippen LogP contribution in [0.5, 0.6) is 5.88 Å². The second-order valence-corrected chi connectivity index (χ2v) is 5.68. The number of aromatic nitrogens is 2. The van der Waals surface area contributed by atoms with Gasteiger partial charge in [-0.3, -0.25) is 4.79 Å². The number of fused-ring (bicyclic) bond motifs is 1. The van der Waals surface area contributed by atoms with Crippen molar-refractivity contribution in [2.24, 2.45) is 5.92 Å². The number of sulfone groups is 1. The third kappa shape index (κ3) is 1.95. The van der Waals surface area contributed by atoms with Crippen LogP contribution in [-0.2, 0) is 14.6 Å². The van der Waals surface area contributed by atoms with E-state index in [0.29, 0.717) is 0 Å². The van der Waals surface area contributed by atoms with Gasteiger partial charge in [-0.1, -0.05) is 6.92 Å². The minimum Gasteiger partial charge on any atom is -0.479 e. The van der Waals surface area contributed by atoms with Crippen LogP contribution < -0.4 is 10.1 Å². The summed E-state index contributed by atoms with van der Waals surface area (Å²) in [5.41, 5.74) is 0.0179. The number of amides is 1. The highest BCUT2D eigenvalue weighted by molar-refractivity contribution is 7.91. The Balaban J connectivity index is 2.69. The molecule has 17 heavy (non-hydrogen) atoms. The standard InChI is InChI=1S/C9H11N3O4S/c1-5-3-17(14,15)9-6(12-7(5)13)8(16-2)10-4-11-9/h4-5H,3H2,1-2H3,(H,12,13). The maximum Gasteiger partial charge on any atom is 0.242 e. The van der Waals surface area contributed by atoms with E-state index in [2.05, 4.69) is 15.3 Å². The van der Waals surface area contributed by atoms with Crippen LogP contribution in [-0.4, -0.2) is 37.2 Å². The van der Waals surface area contributed by atoms with E-state index in [0.717, 1.165) is 6.33 Å². The van der Waals surface area contributed by atoms with Crippen LogP contribution >= 0.6 is 0 Å². The first-order valence-corrected chi connectivity index (χ1v) is 6.53. The van der Waals surface area contributed by atoms with Gasteiger partial charge in [0.25, 0.3) is 0 Å². The topological polar surface area (TPSA) is 98.2 Å². The average Bonchev–Trinajstić information content (AvgIpc) is 2.35. The Kier molecular flexibility index (Phi) is 2.74. The smallest absolute Gasteiger partial charge is 0.242 e. The summed E-state index contributed by atoms with van der Waals surface area (Å²) in [6.45, 7) is 1.54. The monoisotopic (exact) mass is 257 g/mol. The molecule has 2 rings (SSSR count). The number of nitrogens with zero attached hydrogens (tertiary/aromatic N) is 2. The van der Waals surface area contributed by atoms with Gasteiger partial charge in [-0.15, -0.1) is 0 Å². The molecule has 7 nitrogen and oxygen atoms in total. The molecule has 0 aromatic carbocycles. The summed E-state index contributed by atoms with van der Waals surface area (Å²) in [5, 5.41) is 2.29. The lowest BCUT2D eigenvalue weighted by Crippen LogP contribution is -2.22. The molecule has 1 atom stereocenters. The zero-order valence-corrected chi connectivity index (χ0v) is 10.1. The Labute approximate surface area is 98.1 Å². The van der Waals surface area contributed by atoms with Crippen molar-refractivity contribution in [3.8, 4) is 5.88 Å². The Morgan fingerprint density at radius 1 is 1.47 bits per heavy atom. The van der Waals surface area contributed by atoms with E-state index in [1.807, 2.05) is 0 Å². The first kappa shape index (κ1) is 11.8. The van der Waals surface area contributed by atoms with Gasteiger partial charge in [-0.05, 0) is 0 Å². The van der Waals surface area contributed by atoms with E-state index < -0.39 is 15.8 Å². The lowest BCUT2D eigenvalue weighted by Gasteiger charge is -2.08. The third-order valence-corrected chi connectivity index (χ3v) is 4.27. The van der Waals surface area contributed by atoms with Gasteiger partial charge >= 0.3 is 0 Å². The fourth-order valence-electron chi connectivity index (χ4n) is 1.58. The van der Waals surface area contributed by atoms with Crippen LogP contribution in [0.25, 0.3) is 0 Å². The molecule has 0 spiro atoms. The molecule has 2 heterocycles. The predicted molar refractivity (Wildman–Crippen MR) is 58.4 cm³/mol. The highest BCUT2D eigenvalue weighted by atomic mass is 32.2. The zero-order valence-electron chi connectivity index (χ0n) is 9.30. The molecule has 0 fully saturated rings. The van der Waals surface area contributed by atoms with Crippen molar-refractivity contribution in [2.45, 2.75) is 11.9 Å². The normalized spacial score (nSPS) is 22.2. The molecule has 1 aromatic rings. The van der Waals surface area contributed by atoms with Crippen molar-refractivity contribution in [2.75, 3.05) is 18.2 Å². The van der Waals surface area contributed by atoms with Crippen LogP contribution in [0.4, 0.5) is 5.69 Å². The van der Waals surface area contributed by atoms with E-state index >= 15 is 0 Å². The molecule has 0 saturated carbocycles. The van der Waals surface area contributed by atoms with E-state index in [1.54, 1.807) is 6.92 Å². The molecular weight excluding hydrogens is 246 g/mol. The Hall–Kier alpha value is -1.70. The van der Waals surface area contributed by atoms with Gasteiger partial charge in [-0.2, -0.15) is 4.98 Å². The molecule has 1 aliphatic heterocycles. The highest BCUT2D eigenvalue weighted by Gasteiger charge is 2.33. The van der Waals surface area contributed by atoms with Crippen molar-refractivity contribution in [3.05, 3.63) is 6.33 Å². The molecule has 0 aliphatic carbocycles. The van der Waals surface area contributed by atoms with Crippen molar-refractivity contribution in [3.63, 3.8) is 0 Å². The van der Waals surface area contributed by atoms with Gasteiger partial charge < -0.3 is 10.1 Å². The van der Waals surface area contributed by atoms with Gasteiger partial charge in [0.15, 0.2) is 14.9 Å². The molecule has 1 aromatic heterocycles. The summed E-state index contributed by atoms with van der Waals surface area (Å²) in [7, 11) is -2.26. The molecule has 0 radical (unpaired) electrons. The Morgan fingerprint density at radius 3 is 2.82 bits per heavy atom. The summed E-state index contributed by atoms with van der Waals surface area (Å²) in [4.78, 5) is 19.1. The summed E-state index contributed by atoms with van der Waals surface area (Å²) >= 11 is 0. The fraction of sp³-hybridized carbons (Fsp3) is 0.444. The molecule has 1 unspecified atom stereocenters. The number of methoxy groups -OCH3 is 1. The number of rotatable bonds is 1. The number of hydrogen-bond donors (Lipinski definition) is 1. The molecule has 1 aliphatic rings. The number of anilines is 1. The Bertz CT molecular complexity index is 570. The minimum atomic E-state index is -3.61. The lowest BCUT2D eigenvalue weighted by atomic mass is 10.2. The molecule has 92 valence electrons. The van der Waals surface area contributed by atoms with Gasteiger partial charge in [0, 0.05) is 5.92 Å². The first-order chi connectivity index (χ1) is 7.95. The maximum atomic E-state index is 12.0. The molecule has 1 N–H and O–H groups in total. The Morgan fingerprint density at radius 2 is 2.18 bits per heavy atom. The van der Waals surface area contributed by atoms with Crippen molar-refractivity contribution < 1.29 is 17.9 Å². The number of carbonyl (C=O) groups excluding carboxylic acids is 1. The van der Waals surface area contributed by atoms with E-state index in [4.69, 9.17) is 4.74 Å². The largest absolute Gasteiger partial charge is 0.479 e. The third-order valence-electron chi connectivity index (χ3n) is 2.43. The zero-order chi connectivity index (χ0) is 12.6. The predicted octanol–water partition coefficient (Wildman–Crippen LogP) is -0.153. The van der Waals surface area contributed by atoms with E-state index in [-0.39, 0.29) is 28.3 Å². The van der Waals surface area contributed by atoms with Gasteiger partial charge in [0.1, 0.15) is 12.0 Å². The SMILES string of the molecule is COc1ncnc2c1NC(=O)C(C)CS2(=O)=O. The summed E-state index contributed by atoms with van der Waals surface area (Å²) in [6, 6.07) is 0. The van der Waals surface area contributed by atoms with Crippen molar-refractivity contribution in [1.82, 2.24) is 9.97 Å². The quantitative estimate of drug-likeness (QED) is 0.702. The fourth-order valence-corrected chi connectivity index (χ4v) is 3.21. The molecule has 0 bridgehead atoms. The first-order valence-electron chi connectivity index (χ1n) is 4.88. The van der Waals surface area contributed by atoms with E-state index in [9.17, 15) is 13.2 Å². The number of ether oxygens (including phenoxy) is 1. The van der Waals surface area contributed by atoms with Crippen LogP contribution in [0.1, 0.15) is 6.92 Å². The van der Waals surface area contributed by atoms with Crippen molar-refractivity contribution >= 4 is 21.4 Å². The van der Waals surface area contributed by atoms with Gasteiger partial charge in [0.05, 0.1) is 12.9 Å². The lowest BCUT2D eigenvalue weighted by molar-refractivity contribution is -0.118. The van der Waals surface area contributed by atoms with Crippen LogP contribution in [0.3, 0.4) is 0 Å². The van der Waals surface area contributed by atoms with E-state index in [1.165, 1.54) is 7.11 Å². The molecule has 0 saturated heterocycles. The highest BCUT2D eigenvalue weighted by Crippen LogP contribution is 2.31. The maximum absolute atomic E-state index is 12.0. The second-order valence-electron chi connectivity index (χ2n) is 3.73. The second kappa shape index (κ2) is 3.95. The van der Waals surface area contributed by atoms with Crippen LogP contribution in [0.2, 0.25) is 0 Å². The average molecular weight is 257 g/mol. The number of carbonyl (C=O) groups is 1. The molecule has 8 heteroatoms. The van der Waals surface area contributed by atoms with Crippen LogP contribution in [0.15, 0.2) is 11.4 Å². The number of hydrogen-bond acceptors (Lipinski definition) is 6. The summed E-state index contributed by atoms with van der Waals surface area (Å²) in [5.74, 6) is -1.26. The van der Waals surface area contributed by atoms with Gasteiger partial charge in [-0.25, -0.2) is 13.4 Å². The van der Waals surface area contributed by atoms with Crippen molar-refractivity contribution in [1.29, 1.82) is 0 Å². The van der Waals surface area contributed by atoms with Gasteiger partial charge in [0.2, 0.25) is 11.8 Å². The number of nitrogens with one attached hydrogen (secondary N) is 1. The molecular formula is C9H11N3O4S. The molecule has 1 amide bonds. The summed E-state index contributed by atoms with van der Waals surface area (Å²) in [6.07, 6.45) is 1.09. The summed E-state index contributed by atoms with van der Waals surface area (Å²) < 4.78 is 28.9. The van der Waals surface area contributed by atoms with Crippen LogP contribution in [0, 0.1) is 5.92 Å².